The largest absolute Gasteiger partial charge is 0.381 e. The number of hydrogen-bond acceptors (Lipinski definition) is 5. The van der Waals surface area contributed by atoms with Crippen LogP contribution >= 0.6 is 0 Å². The quantitative estimate of drug-likeness (QED) is 0.336. The number of aromatic amines is 1. The van der Waals surface area contributed by atoms with Gasteiger partial charge in [-0.15, -0.1) is 0 Å². The molecule has 2 fully saturated rings. The van der Waals surface area contributed by atoms with Crippen molar-refractivity contribution in [3.05, 3.63) is 86.3 Å². The fourth-order valence-corrected chi connectivity index (χ4v) is 6.50. The highest BCUT2D eigenvalue weighted by Crippen LogP contribution is 2.34. The Morgan fingerprint density at radius 2 is 1.60 bits per heavy atom. The summed E-state index contributed by atoms with van der Waals surface area (Å²) in [5.41, 5.74) is 8.25. The third-order valence-electron chi connectivity index (χ3n) is 8.98. The molecule has 0 bridgehead atoms. The Morgan fingerprint density at radius 1 is 0.929 bits per heavy atom. The number of benzene rings is 2. The number of anilines is 1. The Hall–Kier alpha value is -3.42. The average Bonchev–Trinajstić information content (AvgIpc) is 2.99. The van der Waals surface area contributed by atoms with Gasteiger partial charge in [-0.1, -0.05) is 24.3 Å². The molecule has 0 atom stereocenters. The minimum atomic E-state index is -0.172. The lowest BCUT2D eigenvalue weighted by Crippen LogP contribution is -2.40. The van der Waals surface area contributed by atoms with Crippen LogP contribution in [0.4, 0.5) is 5.69 Å². The van der Waals surface area contributed by atoms with Crippen LogP contribution in [0.2, 0.25) is 0 Å². The second-order valence-corrected chi connectivity index (χ2v) is 11.9. The molecule has 2 saturated heterocycles. The first-order valence-corrected chi connectivity index (χ1v) is 15.5. The Balaban J connectivity index is 1.46. The molecule has 2 aliphatic heterocycles. The number of ether oxygens (including phenoxy) is 2. The highest BCUT2D eigenvalue weighted by atomic mass is 16.5. The lowest BCUT2D eigenvalue weighted by Gasteiger charge is -2.37. The Bertz CT molecular complexity index is 1430. The lowest BCUT2D eigenvalue weighted by atomic mass is 9.91. The standard InChI is InChI=1S/C35H45N3O4/c1-5-38(30-12-16-42-17-13-30)33-21-29(28-8-6-26(7-9-28)19-27-10-14-41-15-11-27)20-31(25(33)4)34(39)36-22-32-23(2)18-24(3)37-35(32)40/h6-9,18,20-21,27,30H,5,10-17,19,22H2,1-4H3,(H,36,39)(H,37,40). The Morgan fingerprint density at radius 3 is 2.24 bits per heavy atom. The highest BCUT2D eigenvalue weighted by Gasteiger charge is 2.25. The summed E-state index contributed by atoms with van der Waals surface area (Å²) in [6, 6.07) is 15.4. The van der Waals surface area contributed by atoms with Gasteiger partial charge in [-0.2, -0.15) is 0 Å². The number of aryl methyl sites for hydroxylation is 2. The molecule has 2 aliphatic rings. The molecule has 1 aromatic heterocycles. The number of rotatable bonds is 9. The van der Waals surface area contributed by atoms with Gasteiger partial charge in [0, 0.05) is 68.1 Å². The molecular weight excluding hydrogens is 526 g/mol. The Kier molecular flexibility index (Phi) is 9.80. The minimum absolute atomic E-state index is 0.156. The van der Waals surface area contributed by atoms with Gasteiger partial charge in [-0.3, -0.25) is 9.59 Å². The summed E-state index contributed by atoms with van der Waals surface area (Å²) in [6.45, 7) is 12.2. The van der Waals surface area contributed by atoms with Gasteiger partial charge in [0.25, 0.3) is 11.5 Å². The molecule has 1 amide bonds. The maximum absolute atomic E-state index is 13.8. The molecule has 0 spiro atoms. The minimum Gasteiger partial charge on any atom is -0.381 e. The van der Waals surface area contributed by atoms with E-state index in [2.05, 4.69) is 52.5 Å². The van der Waals surface area contributed by atoms with Crippen LogP contribution in [-0.4, -0.2) is 49.9 Å². The summed E-state index contributed by atoms with van der Waals surface area (Å²) in [5, 5.41) is 3.05. The molecule has 5 rings (SSSR count). The average molecular weight is 572 g/mol. The van der Waals surface area contributed by atoms with Crippen molar-refractivity contribution in [1.82, 2.24) is 10.3 Å². The van der Waals surface area contributed by atoms with Crippen molar-refractivity contribution in [3.8, 4) is 11.1 Å². The molecule has 224 valence electrons. The van der Waals surface area contributed by atoms with E-state index in [9.17, 15) is 9.59 Å². The normalized spacial score (nSPS) is 16.4. The van der Waals surface area contributed by atoms with Crippen molar-refractivity contribution < 1.29 is 14.3 Å². The SMILES string of the molecule is CCN(c1cc(-c2ccc(CC3CCOCC3)cc2)cc(C(=O)NCc2c(C)cc(C)[nH]c2=O)c1C)C1CCOCC1. The summed E-state index contributed by atoms with van der Waals surface area (Å²) >= 11 is 0. The van der Waals surface area contributed by atoms with Gasteiger partial charge in [0.2, 0.25) is 0 Å². The van der Waals surface area contributed by atoms with Gasteiger partial charge in [0.15, 0.2) is 0 Å². The lowest BCUT2D eigenvalue weighted by molar-refractivity contribution is 0.0665. The fourth-order valence-electron chi connectivity index (χ4n) is 6.50. The zero-order valence-electron chi connectivity index (χ0n) is 25.6. The van der Waals surface area contributed by atoms with Crippen LogP contribution in [0.5, 0.6) is 0 Å². The number of H-pyrrole nitrogens is 1. The van der Waals surface area contributed by atoms with E-state index in [0.717, 1.165) is 98.7 Å². The molecule has 3 aromatic rings. The predicted octanol–water partition coefficient (Wildman–Crippen LogP) is 5.87. The van der Waals surface area contributed by atoms with Gasteiger partial charge < -0.3 is 24.7 Å². The van der Waals surface area contributed by atoms with Crippen LogP contribution in [0.15, 0.2) is 47.3 Å². The molecule has 42 heavy (non-hydrogen) atoms. The van der Waals surface area contributed by atoms with Gasteiger partial charge >= 0.3 is 0 Å². The van der Waals surface area contributed by atoms with Crippen LogP contribution in [0.1, 0.15) is 70.9 Å². The second-order valence-electron chi connectivity index (χ2n) is 11.9. The van der Waals surface area contributed by atoms with Gasteiger partial charge in [0.1, 0.15) is 0 Å². The summed E-state index contributed by atoms with van der Waals surface area (Å²) in [6.07, 6.45) is 5.25. The zero-order chi connectivity index (χ0) is 29.6. The first-order valence-electron chi connectivity index (χ1n) is 15.5. The topological polar surface area (TPSA) is 83.7 Å². The van der Waals surface area contributed by atoms with Crippen LogP contribution in [0.3, 0.4) is 0 Å². The maximum Gasteiger partial charge on any atom is 0.253 e. The number of carbonyl (C=O) groups is 1. The molecule has 2 N–H and O–H groups in total. The van der Waals surface area contributed by atoms with E-state index in [0.29, 0.717) is 23.1 Å². The van der Waals surface area contributed by atoms with Gasteiger partial charge in [0.05, 0.1) is 0 Å². The van der Waals surface area contributed by atoms with E-state index in [-0.39, 0.29) is 18.0 Å². The van der Waals surface area contributed by atoms with Crippen molar-refractivity contribution in [1.29, 1.82) is 0 Å². The van der Waals surface area contributed by atoms with Crippen LogP contribution in [0, 0.1) is 26.7 Å². The number of aromatic nitrogens is 1. The smallest absolute Gasteiger partial charge is 0.253 e. The van der Waals surface area contributed by atoms with E-state index in [1.165, 1.54) is 5.56 Å². The fraction of sp³-hybridized carbons (Fsp3) is 0.486. The molecular formula is C35H45N3O4. The van der Waals surface area contributed by atoms with Crippen LogP contribution in [0.25, 0.3) is 11.1 Å². The molecule has 0 unspecified atom stereocenters. The second kappa shape index (κ2) is 13.7. The number of hydrogen-bond donors (Lipinski definition) is 2. The zero-order valence-corrected chi connectivity index (χ0v) is 25.6. The number of nitrogens with zero attached hydrogens (tertiary/aromatic N) is 1. The van der Waals surface area contributed by atoms with E-state index in [4.69, 9.17) is 9.47 Å². The molecule has 7 nitrogen and oxygen atoms in total. The third kappa shape index (κ3) is 6.96. The first kappa shape index (κ1) is 30.1. The van der Waals surface area contributed by atoms with E-state index in [1.54, 1.807) is 0 Å². The molecule has 2 aromatic carbocycles. The summed E-state index contributed by atoms with van der Waals surface area (Å²) in [5.74, 6) is 0.502. The molecule has 0 radical (unpaired) electrons. The van der Waals surface area contributed by atoms with Crippen molar-refractivity contribution in [2.24, 2.45) is 5.92 Å². The molecule has 0 saturated carbocycles. The monoisotopic (exact) mass is 571 g/mol. The number of carbonyl (C=O) groups excluding carboxylic acids is 1. The van der Waals surface area contributed by atoms with Gasteiger partial charge in [-0.05, 0) is 112 Å². The maximum atomic E-state index is 13.8. The van der Waals surface area contributed by atoms with Crippen molar-refractivity contribution >= 4 is 11.6 Å². The molecule has 0 aliphatic carbocycles. The van der Waals surface area contributed by atoms with E-state index >= 15 is 0 Å². The number of nitrogens with one attached hydrogen (secondary N) is 2. The summed E-state index contributed by atoms with van der Waals surface area (Å²) in [7, 11) is 0. The summed E-state index contributed by atoms with van der Waals surface area (Å²) < 4.78 is 11.2. The highest BCUT2D eigenvalue weighted by molar-refractivity contribution is 5.99. The molecule has 3 heterocycles. The number of pyridine rings is 1. The van der Waals surface area contributed by atoms with Gasteiger partial charge in [-0.25, -0.2) is 0 Å². The molecule has 7 heteroatoms. The van der Waals surface area contributed by atoms with E-state index in [1.807, 2.05) is 32.9 Å². The van der Waals surface area contributed by atoms with Crippen LogP contribution in [-0.2, 0) is 22.4 Å². The summed E-state index contributed by atoms with van der Waals surface area (Å²) in [4.78, 5) is 31.6. The third-order valence-corrected chi connectivity index (χ3v) is 8.98. The van der Waals surface area contributed by atoms with Crippen molar-refractivity contribution in [3.63, 3.8) is 0 Å². The first-order chi connectivity index (χ1) is 20.3. The van der Waals surface area contributed by atoms with Crippen molar-refractivity contribution in [2.45, 2.75) is 72.4 Å². The van der Waals surface area contributed by atoms with E-state index < -0.39 is 0 Å². The predicted molar refractivity (Wildman–Crippen MR) is 168 cm³/mol. The van der Waals surface area contributed by atoms with Crippen molar-refractivity contribution in [2.75, 3.05) is 37.9 Å². The van der Waals surface area contributed by atoms with Crippen LogP contribution < -0.4 is 15.8 Å². The number of amides is 1. The Labute approximate surface area is 249 Å².